The van der Waals surface area contributed by atoms with Crippen LogP contribution in [0.25, 0.3) is 0 Å². The van der Waals surface area contributed by atoms with Crippen molar-refractivity contribution in [1.82, 2.24) is 5.32 Å². The Balaban J connectivity index is 1.51. The van der Waals surface area contributed by atoms with Gasteiger partial charge in [0, 0.05) is 12.5 Å². The molecule has 0 spiro atoms. The van der Waals surface area contributed by atoms with Gasteiger partial charge in [-0.1, -0.05) is 6.42 Å². The summed E-state index contributed by atoms with van der Waals surface area (Å²) in [7, 11) is 0. The highest BCUT2D eigenvalue weighted by Gasteiger charge is 2.54. The van der Waals surface area contributed by atoms with Crippen LogP contribution in [0.2, 0.25) is 0 Å². The van der Waals surface area contributed by atoms with Crippen LogP contribution in [0.3, 0.4) is 0 Å². The third-order valence-corrected chi connectivity index (χ3v) is 5.76. The fourth-order valence-electron chi connectivity index (χ4n) is 4.93. The molecule has 112 valence electrons. The standard InChI is InChI=1S/C15H24N2O3/c16-12(4-5-14(18)19)15(20)17-13-7-8-6-11(13)10-3-1-2-9(8)10/h8-13H,1-7,16H2,(H,17,20)(H,18,19). The maximum Gasteiger partial charge on any atom is 0.303 e. The zero-order chi connectivity index (χ0) is 14.3. The number of hydrogen-bond acceptors (Lipinski definition) is 3. The predicted octanol–water partition coefficient (Wildman–Crippen LogP) is 1.12. The molecule has 1 amide bonds. The topological polar surface area (TPSA) is 92.4 Å². The van der Waals surface area contributed by atoms with E-state index < -0.39 is 12.0 Å². The molecule has 3 fully saturated rings. The van der Waals surface area contributed by atoms with E-state index in [0.717, 1.165) is 24.2 Å². The van der Waals surface area contributed by atoms with E-state index in [1.807, 2.05) is 0 Å². The predicted molar refractivity (Wildman–Crippen MR) is 73.8 cm³/mol. The van der Waals surface area contributed by atoms with Crippen LogP contribution in [-0.4, -0.2) is 29.1 Å². The summed E-state index contributed by atoms with van der Waals surface area (Å²) in [4.78, 5) is 22.6. The van der Waals surface area contributed by atoms with Crippen LogP contribution in [0.15, 0.2) is 0 Å². The number of hydrogen-bond donors (Lipinski definition) is 3. The second-order valence-electron chi connectivity index (χ2n) is 6.81. The molecular weight excluding hydrogens is 256 g/mol. The number of rotatable bonds is 5. The van der Waals surface area contributed by atoms with E-state index in [0.29, 0.717) is 5.92 Å². The molecule has 6 unspecified atom stereocenters. The van der Waals surface area contributed by atoms with E-state index in [-0.39, 0.29) is 24.8 Å². The summed E-state index contributed by atoms with van der Waals surface area (Å²) in [6.07, 6.45) is 6.59. The van der Waals surface area contributed by atoms with E-state index in [1.165, 1.54) is 25.7 Å². The molecule has 0 aromatic heterocycles. The maximum atomic E-state index is 12.1. The summed E-state index contributed by atoms with van der Waals surface area (Å²) in [5, 5.41) is 11.7. The normalized spacial score (nSPS) is 39.5. The molecule has 3 saturated carbocycles. The first-order valence-electron chi connectivity index (χ1n) is 7.84. The van der Waals surface area contributed by atoms with Gasteiger partial charge in [0.15, 0.2) is 0 Å². The third kappa shape index (κ3) is 2.43. The number of carbonyl (C=O) groups excluding carboxylic acids is 1. The highest BCUT2D eigenvalue weighted by Crippen LogP contribution is 2.58. The fraction of sp³-hybridized carbons (Fsp3) is 0.867. The van der Waals surface area contributed by atoms with E-state index in [1.54, 1.807) is 0 Å². The summed E-state index contributed by atoms with van der Waals surface area (Å²) in [5.74, 6) is 2.10. The van der Waals surface area contributed by atoms with Gasteiger partial charge in [0.2, 0.25) is 5.91 Å². The average molecular weight is 280 g/mol. The van der Waals surface area contributed by atoms with Gasteiger partial charge in [0.25, 0.3) is 0 Å². The molecule has 4 N–H and O–H groups in total. The van der Waals surface area contributed by atoms with Crippen molar-refractivity contribution >= 4 is 11.9 Å². The van der Waals surface area contributed by atoms with Gasteiger partial charge in [-0.2, -0.15) is 0 Å². The Morgan fingerprint density at radius 2 is 1.95 bits per heavy atom. The number of carboxylic acid groups (broad SMARTS) is 1. The molecule has 0 saturated heterocycles. The second kappa shape index (κ2) is 5.35. The van der Waals surface area contributed by atoms with Crippen LogP contribution < -0.4 is 11.1 Å². The van der Waals surface area contributed by atoms with Crippen molar-refractivity contribution in [3.63, 3.8) is 0 Å². The lowest BCUT2D eigenvalue weighted by molar-refractivity contribution is -0.137. The highest BCUT2D eigenvalue weighted by atomic mass is 16.4. The molecule has 0 aromatic carbocycles. The van der Waals surface area contributed by atoms with Gasteiger partial charge in [-0.3, -0.25) is 9.59 Å². The summed E-state index contributed by atoms with van der Waals surface area (Å²) in [6.45, 7) is 0. The number of aliphatic carboxylic acids is 1. The van der Waals surface area contributed by atoms with Crippen LogP contribution in [0.5, 0.6) is 0 Å². The lowest BCUT2D eigenvalue weighted by Crippen LogP contribution is -2.49. The Hall–Kier alpha value is -1.10. The van der Waals surface area contributed by atoms with Crippen LogP contribution >= 0.6 is 0 Å². The van der Waals surface area contributed by atoms with Crippen molar-refractivity contribution in [3.05, 3.63) is 0 Å². The van der Waals surface area contributed by atoms with E-state index >= 15 is 0 Å². The molecular formula is C15H24N2O3. The molecule has 3 aliphatic rings. The quantitative estimate of drug-likeness (QED) is 0.703. The number of fused-ring (bicyclic) bond motifs is 5. The first kappa shape index (κ1) is 13.9. The first-order valence-corrected chi connectivity index (χ1v) is 7.84. The third-order valence-electron chi connectivity index (χ3n) is 5.76. The lowest BCUT2D eigenvalue weighted by Gasteiger charge is -2.32. The molecule has 5 nitrogen and oxygen atoms in total. The Kier molecular flexibility index (Phi) is 3.71. The molecule has 0 radical (unpaired) electrons. The van der Waals surface area contributed by atoms with E-state index in [4.69, 9.17) is 10.8 Å². The first-order chi connectivity index (χ1) is 9.56. The van der Waals surface area contributed by atoms with Crippen molar-refractivity contribution in [1.29, 1.82) is 0 Å². The number of amides is 1. The maximum absolute atomic E-state index is 12.1. The molecule has 20 heavy (non-hydrogen) atoms. The van der Waals surface area contributed by atoms with Gasteiger partial charge in [-0.15, -0.1) is 0 Å². The minimum atomic E-state index is -0.901. The van der Waals surface area contributed by atoms with Crippen molar-refractivity contribution in [3.8, 4) is 0 Å². The number of carbonyl (C=O) groups is 2. The Labute approximate surface area is 119 Å². The van der Waals surface area contributed by atoms with Crippen molar-refractivity contribution in [2.75, 3.05) is 0 Å². The van der Waals surface area contributed by atoms with Crippen molar-refractivity contribution in [2.24, 2.45) is 29.4 Å². The van der Waals surface area contributed by atoms with Gasteiger partial charge in [-0.25, -0.2) is 0 Å². The largest absolute Gasteiger partial charge is 0.481 e. The summed E-state index contributed by atoms with van der Waals surface area (Å²) in [6, 6.07) is -0.410. The van der Waals surface area contributed by atoms with Crippen LogP contribution in [0.4, 0.5) is 0 Å². The van der Waals surface area contributed by atoms with Gasteiger partial charge in [0.1, 0.15) is 0 Å². The van der Waals surface area contributed by atoms with Gasteiger partial charge in [-0.05, 0) is 55.8 Å². The van der Waals surface area contributed by atoms with Crippen molar-refractivity contribution < 1.29 is 14.7 Å². The van der Waals surface area contributed by atoms with Gasteiger partial charge < -0.3 is 16.2 Å². The number of nitrogens with two attached hydrogens (primary N) is 1. The fourth-order valence-corrected chi connectivity index (χ4v) is 4.93. The minimum absolute atomic E-state index is 0.0456. The van der Waals surface area contributed by atoms with E-state index in [9.17, 15) is 9.59 Å². The lowest BCUT2D eigenvalue weighted by atomic mass is 9.79. The summed E-state index contributed by atoms with van der Waals surface area (Å²) < 4.78 is 0. The highest BCUT2D eigenvalue weighted by molar-refractivity contribution is 5.82. The number of carboxylic acids is 1. The van der Waals surface area contributed by atoms with Crippen LogP contribution in [-0.2, 0) is 9.59 Å². The summed E-state index contributed by atoms with van der Waals surface area (Å²) in [5.41, 5.74) is 5.77. The molecule has 3 aliphatic carbocycles. The Morgan fingerprint density at radius 1 is 1.20 bits per heavy atom. The Bertz CT molecular complexity index is 412. The van der Waals surface area contributed by atoms with Gasteiger partial charge in [0.05, 0.1) is 6.04 Å². The molecule has 5 heteroatoms. The molecule has 0 aliphatic heterocycles. The minimum Gasteiger partial charge on any atom is -0.481 e. The monoisotopic (exact) mass is 280 g/mol. The average Bonchev–Trinajstić information content (AvgIpc) is 3.06. The van der Waals surface area contributed by atoms with Gasteiger partial charge >= 0.3 is 5.97 Å². The molecule has 6 atom stereocenters. The zero-order valence-corrected chi connectivity index (χ0v) is 11.8. The zero-order valence-electron chi connectivity index (χ0n) is 11.8. The smallest absolute Gasteiger partial charge is 0.303 e. The number of nitrogens with one attached hydrogen (secondary N) is 1. The Morgan fingerprint density at radius 3 is 2.70 bits per heavy atom. The molecule has 0 heterocycles. The molecule has 2 bridgehead atoms. The van der Waals surface area contributed by atoms with Crippen LogP contribution in [0.1, 0.15) is 44.9 Å². The summed E-state index contributed by atoms with van der Waals surface area (Å²) >= 11 is 0. The van der Waals surface area contributed by atoms with Crippen LogP contribution in [0, 0.1) is 23.7 Å². The van der Waals surface area contributed by atoms with E-state index in [2.05, 4.69) is 5.32 Å². The second-order valence-corrected chi connectivity index (χ2v) is 6.81. The SMILES string of the molecule is NC(CCC(=O)O)C(=O)NC1CC2CC1C1CCCC21. The van der Waals surface area contributed by atoms with Crippen molar-refractivity contribution in [2.45, 2.75) is 57.0 Å². The molecule has 0 aromatic rings. The molecule has 3 rings (SSSR count).